The highest BCUT2D eigenvalue weighted by Crippen LogP contribution is 2.34. The zero-order valence-corrected chi connectivity index (χ0v) is 15.7. The first-order chi connectivity index (χ1) is 12.4. The Balaban J connectivity index is 1.60. The molecule has 0 spiro atoms. The van der Waals surface area contributed by atoms with E-state index >= 15 is 0 Å². The Morgan fingerprint density at radius 1 is 1.23 bits per heavy atom. The summed E-state index contributed by atoms with van der Waals surface area (Å²) in [6, 6.07) is 5.14. The van der Waals surface area contributed by atoms with E-state index in [9.17, 15) is 13.2 Å². The lowest BCUT2D eigenvalue weighted by Gasteiger charge is -2.20. The van der Waals surface area contributed by atoms with E-state index in [1.54, 1.807) is 29.1 Å². The van der Waals surface area contributed by atoms with E-state index in [4.69, 9.17) is 0 Å². The van der Waals surface area contributed by atoms with Crippen molar-refractivity contribution in [1.29, 1.82) is 0 Å². The van der Waals surface area contributed by atoms with Crippen LogP contribution in [0.25, 0.3) is 0 Å². The molecule has 1 fully saturated rings. The molecule has 1 saturated carbocycles. The van der Waals surface area contributed by atoms with Gasteiger partial charge >= 0.3 is 0 Å². The number of fused-ring (bicyclic) bond motifs is 1. The van der Waals surface area contributed by atoms with Crippen LogP contribution in [0.3, 0.4) is 0 Å². The molecule has 1 amide bonds. The molecule has 2 aromatic rings. The van der Waals surface area contributed by atoms with Crippen LogP contribution in [0.5, 0.6) is 0 Å². The number of benzene rings is 1. The maximum absolute atomic E-state index is 12.8. The van der Waals surface area contributed by atoms with Crippen molar-refractivity contribution < 1.29 is 13.2 Å². The number of carbonyl (C=O) groups is 1. The number of sulfone groups is 1. The second-order valence-electron chi connectivity index (χ2n) is 7.28. The Bertz CT molecular complexity index is 956. The Morgan fingerprint density at radius 3 is 2.77 bits per heavy atom. The monoisotopic (exact) mass is 373 g/mol. The molecule has 4 rings (SSSR count). The lowest BCUT2D eigenvalue weighted by atomic mass is 9.85. The topological polar surface area (TPSA) is 81.1 Å². The van der Waals surface area contributed by atoms with Crippen LogP contribution in [0.15, 0.2) is 29.3 Å². The highest BCUT2D eigenvalue weighted by Gasteiger charge is 2.28. The van der Waals surface area contributed by atoms with E-state index in [1.165, 1.54) is 19.3 Å². The summed E-state index contributed by atoms with van der Waals surface area (Å²) in [5, 5.41) is 7.40. The largest absolute Gasteiger partial charge is 0.322 e. The number of rotatable bonds is 3. The van der Waals surface area contributed by atoms with Crippen molar-refractivity contribution in [3.8, 4) is 0 Å². The van der Waals surface area contributed by atoms with Gasteiger partial charge in [-0.25, -0.2) is 8.42 Å². The number of amides is 1. The number of hydrogen-bond acceptors (Lipinski definition) is 4. The number of aromatic nitrogens is 2. The molecule has 138 valence electrons. The zero-order chi connectivity index (χ0) is 18.3. The van der Waals surface area contributed by atoms with E-state index < -0.39 is 9.84 Å². The van der Waals surface area contributed by atoms with Gasteiger partial charge in [0.25, 0.3) is 5.91 Å². The summed E-state index contributed by atoms with van der Waals surface area (Å²) < 4.78 is 25.9. The first kappa shape index (κ1) is 17.3. The van der Waals surface area contributed by atoms with Gasteiger partial charge in [-0.1, -0.05) is 25.3 Å². The summed E-state index contributed by atoms with van der Waals surface area (Å²) in [5.41, 5.74) is 2.78. The third-order valence-electron chi connectivity index (χ3n) is 5.39. The molecule has 1 aromatic heterocycles. The molecule has 1 aromatic carbocycles. The summed E-state index contributed by atoms with van der Waals surface area (Å²) in [5.74, 6) is 0.244. The molecule has 6 nitrogen and oxygen atoms in total. The molecule has 7 heteroatoms. The minimum atomic E-state index is -3.22. The third kappa shape index (κ3) is 3.16. The summed E-state index contributed by atoms with van der Waals surface area (Å²) in [4.78, 5) is 13.2. The van der Waals surface area contributed by atoms with Gasteiger partial charge in [0.05, 0.1) is 21.9 Å². The van der Waals surface area contributed by atoms with E-state index in [0.717, 1.165) is 24.1 Å². The van der Waals surface area contributed by atoms with Crippen LogP contribution in [0.1, 0.15) is 59.6 Å². The van der Waals surface area contributed by atoms with Crippen LogP contribution in [0.2, 0.25) is 0 Å². The molecule has 0 unspecified atom stereocenters. The SMILES string of the molecule is Cn1cc(C(=O)Nc2ccc3c(c2)S(=O)(=O)CC3)c(C2CCCCC2)n1. The van der Waals surface area contributed by atoms with Crippen LogP contribution in [0.4, 0.5) is 5.69 Å². The molecule has 1 aliphatic heterocycles. The lowest BCUT2D eigenvalue weighted by Crippen LogP contribution is -2.16. The van der Waals surface area contributed by atoms with Crippen LogP contribution in [-0.4, -0.2) is 29.9 Å². The quantitative estimate of drug-likeness (QED) is 0.897. The van der Waals surface area contributed by atoms with Crippen LogP contribution in [0, 0.1) is 0 Å². The van der Waals surface area contributed by atoms with Crippen molar-refractivity contribution in [2.24, 2.45) is 7.05 Å². The number of nitrogens with one attached hydrogen (secondary N) is 1. The molecule has 1 aliphatic carbocycles. The summed E-state index contributed by atoms with van der Waals surface area (Å²) >= 11 is 0. The average Bonchev–Trinajstić information content (AvgIpc) is 3.16. The van der Waals surface area contributed by atoms with Gasteiger partial charge in [-0.2, -0.15) is 5.10 Å². The molecular weight excluding hydrogens is 350 g/mol. The van der Waals surface area contributed by atoms with E-state index in [2.05, 4.69) is 10.4 Å². The number of carbonyl (C=O) groups excluding carboxylic acids is 1. The van der Waals surface area contributed by atoms with Gasteiger partial charge in [0.1, 0.15) is 0 Å². The summed E-state index contributed by atoms with van der Waals surface area (Å²) in [7, 11) is -1.39. The van der Waals surface area contributed by atoms with Crippen LogP contribution < -0.4 is 5.32 Å². The highest BCUT2D eigenvalue weighted by atomic mass is 32.2. The Labute approximate surface area is 153 Å². The van der Waals surface area contributed by atoms with Gasteiger partial charge in [0.2, 0.25) is 0 Å². The number of aryl methyl sites for hydroxylation is 2. The van der Waals surface area contributed by atoms with Crippen molar-refractivity contribution in [2.45, 2.75) is 49.3 Å². The molecular formula is C19H23N3O3S. The average molecular weight is 373 g/mol. The van der Waals surface area contributed by atoms with Crippen molar-refractivity contribution in [3.05, 3.63) is 41.2 Å². The second-order valence-corrected chi connectivity index (χ2v) is 9.36. The van der Waals surface area contributed by atoms with Crippen LogP contribution in [-0.2, 0) is 23.3 Å². The number of hydrogen-bond donors (Lipinski definition) is 1. The number of nitrogens with zero attached hydrogens (tertiary/aromatic N) is 2. The Hall–Kier alpha value is -2.15. The van der Waals surface area contributed by atoms with E-state index in [1.807, 2.05) is 7.05 Å². The zero-order valence-electron chi connectivity index (χ0n) is 14.9. The molecule has 0 radical (unpaired) electrons. The van der Waals surface area contributed by atoms with Gasteiger partial charge in [0, 0.05) is 24.8 Å². The summed E-state index contributed by atoms with van der Waals surface area (Å²) in [6.45, 7) is 0. The normalized spacial score (nSPS) is 19.3. The van der Waals surface area contributed by atoms with Crippen molar-refractivity contribution in [3.63, 3.8) is 0 Å². The maximum atomic E-state index is 12.8. The maximum Gasteiger partial charge on any atom is 0.259 e. The molecule has 0 saturated heterocycles. The minimum absolute atomic E-state index is 0.147. The minimum Gasteiger partial charge on any atom is -0.322 e. The predicted octanol–water partition coefficient (Wildman–Crippen LogP) is 3.05. The van der Waals surface area contributed by atoms with Gasteiger partial charge in [0.15, 0.2) is 9.84 Å². The molecule has 1 N–H and O–H groups in total. The second kappa shape index (κ2) is 6.54. The summed E-state index contributed by atoms with van der Waals surface area (Å²) in [6.07, 6.45) is 8.01. The fourth-order valence-corrected chi connectivity index (χ4v) is 5.62. The van der Waals surface area contributed by atoms with Crippen molar-refractivity contribution in [2.75, 3.05) is 11.1 Å². The van der Waals surface area contributed by atoms with E-state index in [-0.39, 0.29) is 11.7 Å². The lowest BCUT2D eigenvalue weighted by molar-refractivity contribution is 0.102. The van der Waals surface area contributed by atoms with Crippen molar-refractivity contribution in [1.82, 2.24) is 9.78 Å². The smallest absolute Gasteiger partial charge is 0.259 e. The molecule has 0 bridgehead atoms. The third-order valence-corrected chi connectivity index (χ3v) is 7.19. The van der Waals surface area contributed by atoms with Gasteiger partial charge in [-0.15, -0.1) is 0 Å². The number of anilines is 1. The standard InChI is InChI=1S/C19H23N3O3S/c1-22-12-16(18(21-22)14-5-3-2-4-6-14)19(23)20-15-8-7-13-9-10-26(24,25)17(13)11-15/h7-8,11-12,14H,2-6,9-10H2,1H3,(H,20,23). The first-order valence-electron chi connectivity index (χ1n) is 9.14. The first-order valence-corrected chi connectivity index (χ1v) is 10.8. The van der Waals surface area contributed by atoms with Gasteiger partial charge in [-0.05, 0) is 37.0 Å². The fraction of sp³-hybridized carbons (Fsp3) is 0.474. The molecule has 0 atom stereocenters. The predicted molar refractivity (Wildman–Crippen MR) is 99.2 cm³/mol. The van der Waals surface area contributed by atoms with Crippen LogP contribution >= 0.6 is 0 Å². The van der Waals surface area contributed by atoms with Crippen molar-refractivity contribution >= 4 is 21.4 Å². The van der Waals surface area contributed by atoms with E-state index in [0.29, 0.717) is 28.5 Å². The van der Waals surface area contributed by atoms with Gasteiger partial charge in [-0.3, -0.25) is 9.48 Å². The Morgan fingerprint density at radius 2 is 2.00 bits per heavy atom. The molecule has 26 heavy (non-hydrogen) atoms. The Kier molecular flexibility index (Phi) is 4.34. The molecule has 2 heterocycles. The molecule has 2 aliphatic rings. The van der Waals surface area contributed by atoms with Gasteiger partial charge < -0.3 is 5.32 Å². The fourth-order valence-electron chi connectivity index (χ4n) is 4.04. The highest BCUT2D eigenvalue weighted by molar-refractivity contribution is 7.91.